The van der Waals surface area contributed by atoms with Crippen LogP contribution in [0.3, 0.4) is 0 Å². The predicted molar refractivity (Wildman–Crippen MR) is 68.9 cm³/mol. The quantitative estimate of drug-likeness (QED) is 0.764. The second-order valence-electron chi connectivity index (χ2n) is 4.22. The Morgan fingerprint density at radius 1 is 1.29 bits per heavy atom. The number of nitrogens with one attached hydrogen (secondary N) is 1. The largest absolute Gasteiger partial charge is 0.480 e. The Morgan fingerprint density at radius 2 is 1.94 bits per heavy atom. The lowest BCUT2D eigenvalue weighted by Crippen LogP contribution is -2.38. The summed E-state index contributed by atoms with van der Waals surface area (Å²) in [6.45, 7) is 4.07. The van der Waals surface area contributed by atoms with Gasteiger partial charge in [-0.25, -0.2) is 0 Å². The maximum absolute atomic E-state index is 11.1. The molecule has 0 aliphatic carbocycles. The van der Waals surface area contributed by atoms with Crippen LogP contribution in [0.25, 0.3) is 0 Å². The Labute approximate surface area is 103 Å². The first-order chi connectivity index (χ1) is 8.19. The summed E-state index contributed by atoms with van der Waals surface area (Å²) in [6, 6.07) is 9.66. The van der Waals surface area contributed by atoms with E-state index in [1.54, 1.807) is 0 Å². The molecule has 0 aliphatic heterocycles. The molecule has 0 spiro atoms. The fourth-order valence-corrected chi connectivity index (χ4v) is 1.94. The smallest absolute Gasteiger partial charge is 0.320 e. The van der Waals surface area contributed by atoms with Crippen LogP contribution >= 0.6 is 0 Å². The number of carboxylic acids is 1. The van der Waals surface area contributed by atoms with Gasteiger partial charge in [-0.15, -0.1) is 0 Å². The Morgan fingerprint density at radius 3 is 2.41 bits per heavy atom. The van der Waals surface area contributed by atoms with E-state index in [9.17, 15) is 4.79 Å². The lowest BCUT2D eigenvalue weighted by Gasteiger charge is -2.22. The van der Waals surface area contributed by atoms with Crippen molar-refractivity contribution in [2.75, 3.05) is 0 Å². The van der Waals surface area contributed by atoms with E-state index < -0.39 is 12.0 Å². The van der Waals surface area contributed by atoms with Gasteiger partial charge in [0.25, 0.3) is 0 Å². The lowest BCUT2D eigenvalue weighted by atomic mass is 10.0. The third-order valence-electron chi connectivity index (χ3n) is 2.89. The van der Waals surface area contributed by atoms with Gasteiger partial charge in [-0.1, -0.05) is 50.6 Å². The van der Waals surface area contributed by atoms with Gasteiger partial charge in [0.1, 0.15) is 6.04 Å². The Bertz CT molecular complexity index is 337. The Kier molecular flexibility index (Phi) is 5.70. The second-order valence-corrected chi connectivity index (χ2v) is 4.22. The van der Waals surface area contributed by atoms with E-state index in [1.807, 2.05) is 37.3 Å². The molecule has 0 aliphatic rings. The molecular formula is C14H21NO2. The monoisotopic (exact) mass is 235 g/mol. The summed E-state index contributed by atoms with van der Waals surface area (Å²) in [5.74, 6) is -0.763. The van der Waals surface area contributed by atoms with Crippen LogP contribution in [-0.4, -0.2) is 17.1 Å². The third kappa shape index (κ3) is 4.19. The fraction of sp³-hybridized carbons (Fsp3) is 0.500. The zero-order valence-electron chi connectivity index (χ0n) is 10.5. The standard InChI is InChI=1S/C14H21NO2/c1-3-8-13(14(16)17)15-12(4-2)11-9-6-5-7-10-11/h5-7,9-10,12-13,15H,3-4,8H2,1-2H3,(H,16,17). The average molecular weight is 235 g/mol. The van der Waals surface area contributed by atoms with Crippen LogP contribution in [0.15, 0.2) is 30.3 Å². The van der Waals surface area contributed by atoms with Crippen LogP contribution in [0.4, 0.5) is 0 Å². The van der Waals surface area contributed by atoms with E-state index >= 15 is 0 Å². The van der Waals surface area contributed by atoms with Crippen molar-refractivity contribution in [3.8, 4) is 0 Å². The lowest BCUT2D eigenvalue weighted by molar-refractivity contribution is -0.139. The van der Waals surface area contributed by atoms with Crippen LogP contribution in [0.2, 0.25) is 0 Å². The maximum Gasteiger partial charge on any atom is 0.320 e. The number of carbonyl (C=O) groups is 1. The summed E-state index contributed by atoms with van der Waals surface area (Å²) in [6.07, 6.45) is 2.42. The normalized spacial score (nSPS) is 14.2. The summed E-state index contributed by atoms with van der Waals surface area (Å²) in [5, 5.41) is 12.4. The van der Waals surface area contributed by atoms with Gasteiger partial charge < -0.3 is 5.11 Å². The minimum Gasteiger partial charge on any atom is -0.480 e. The molecule has 0 aromatic heterocycles. The number of hydrogen-bond donors (Lipinski definition) is 2. The highest BCUT2D eigenvalue weighted by Crippen LogP contribution is 2.17. The molecule has 2 unspecified atom stereocenters. The summed E-state index contributed by atoms with van der Waals surface area (Å²) in [7, 11) is 0. The fourth-order valence-electron chi connectivity index (χ4n) is 1.94. The summed E-state index contributed by atoms with van der Waals surface area (Å²) in [4.78, 5) is 11.1. The van der Waals surface area contributed by atoms with Gasteiger partial charge >= 0.3 is 5.97 Å². The molecule has 0 amide bonds. The van der Waals surface area contributed by atoms with Crippen molar-refractivity contribution in [3.05, 3.63) is 35.9 Å². The minimum absolute atomic E-state index is 0.115. The first kappa shape index (κ1) is 13.7. The van der Waals surface area contributed by atoms with Gasteiger partial charge in [-0.05, 0) is 18.4 Å². The molecule has 94 valence electrons. The van der Waals surface area contributed by atoms with Gasteiger partial charge in [0.15, 0.2) is 0 Å². The highest BCUT2D eigenvalue weighted by Gasteiger charge is 2.20. The van der Waals surface area contributed by atoms with Crippen LogP contribution in [-0.2, 0) is 4.79 Å². The highest BCUT2D eigenvalue weighted by molar-refractivity contribution is 5.73. The molecule has 0 radical (unpaired) electrons. The maximum atomic E-state index is 11.1. The zero-order chi connectivity index (χ0) is 12.7. The molecule has 0 saturated heterocycles. The van der Waals surface area contributed by atoms with Crippen molar-refractivity contribution in [1.82, 2.24) is 5.32 Å². The Balaban J connectivity index is 2.71. The van der Waals surface area contributed by atoms with Gasteiger partial charge in [-0.3, -0.25) is 10.1 Å². The Hall–Kier alpha value is -1.35. The second kappa shape index (κ2) is 7.07. The zero-order valence-corrected chi connectivity index (χ0v) is 10.5. The van der Waals surface area contributed by atoms with Crippen molar-refractivity contribution in [3.63, 3.8) is 0 Å². The molecule has 1 aromatic carbocycles. The minimum atomic E-state index is -0.763. The van der Waals surface area contributed by atoms with E-state index in [0.29, 0.717) is 6.42 Å². The number of carboxylic acid groups (broad SMARTS) is 1. The summed E-state index contributed by atoms with van der Waals surface area (Å²) in [5.41, 5.74) is 1.15. The molecule has 3 heteroatoms. The SMILES string of the molecule is CCCC(NC(CC)c1ccccc1)C(=O)O. The molecule has 1 rings (SSSR count). The van der Waals surface area contributed by atoms with Crippen LogP contribution in [0.5, 0.6) is 0 Å². The van der Waals surface area contributed by atoms with Crippen LogP contribution in [0, 0.1) is 0 Å². The number of hydrogen-bond acceptors (Lipinski definition) is 2. The van der Waals surface area contributed by atoms with E-state index in [-0.39, 0.29) is 6.04 Å². The van der Waals surface area contributed by atoms with Crippen molar-refractivity contribution >= 4 is 5.97 Å². The van der Waals surface area contributed by atoms with Gasteiger partial charge in [0.05, 0.1) is 0 Å². The summed E-state index contributed by atoms with van der Waals surface area (Å²) >= 11 is 0. The van der Waals surface area contributed by atoms with Crippen LogP contribution < -0.4 is 5.32 Å². The molecule has 1 aromatic rings. The first-order valence-corrected chi connectivity index (χ1v) is 6.22. The number of benzene rings is 1. The van der Waals surface area contributed by atoms with Crippen molar-refractivity contribution < 1.29 is 9.90 Å². The van der Waals surface area contributed by atoms with Crippen LogP contribution in [0.1, 0.15) is 44.7 Å². The molecule has 0 bridgehead atoms. The predicted octanol–water partition coefficient (Wildman–Crippen LogP) is 2.98. The third-order valence-corrected chi connectivity index (χ3v) is 2.89. The van der Waals surface area contributed by atoms with E-state index in [0.717, 1.165) is 18.4 Å². The summed E-state index contributed by atoms with van der Waals surface area (Å²) < 4.78 is 0. The molecule has 0 saturated carbocycles. The molecular weight excluding hydrogens is 214 g/mol. The van der Waals surface area contributed by atoms with E-state index in [1.165, 1.54) is 0 Å². The molecule has 0 heterocycles. The van der Waals surface area contributed by atoms with Crippen molar-refractivity contribution in [1.29, 1.82) is 0 Å². The van der Waals surface area contributed by atoms with Gasteiger partial charge in [0, 0.05) is 6.04 Å². The van der Waals surface area contributed by atoms with E-state index in [2.05, 4.69) is 12.2 Å². The molecule has 2 N–H and O–H groups in total. The topological polar surface area (TPSA) is 49.3 Å². The van der Waals surface area contributed by atoms with Crippen molar-refractivity contribution in [2.24, 2.45) is 0 Å². The molecule has 17 heavy (non-hydrogen) atoms. The highest BCUT2D eigenvalue weighted by atomic mass is 16.4. The van der Waals surface area contributed by atoms with Gasteiger partial charge in [-0.2, -0.15) is 0 Å². The van der Waals surface area contributed by atoms with Crippen molar-refractivity contribution in [2.45, 2.75) is 45.2 Å². The first-order valence-electron chi connectivity index (χ1n) is 6.22. The van der Waals surface area contributed by atoms with Gasteiger partial charge in [0.2, 0.25) is 0 Å². The van der Waals surface area contributed by atoms with E-state index in [4.69, 9.17) is 5.11 Å². The number of aliphatic carboxylic acids is 1. The number of rotatable bonds is 7. The average Bonchev–Trinajstić information content (AvgIpc) is 2.35. The molecule has 3 nitrogen and oxygen atoms in total. The molecule has 0 fully saturated rings. The molecule has 2 atom stereocenters.